The standard InChI is InChI=1S/C14H12N2O5/c17-11-5-10(6-12(18)16-11)13(19)15-7-8-1-3-9(4-2-8)14(20)21/h1-6H,7H2,(H,15,19)(H,20,21)(H2,16,17,18). The Morgan fingerprint density at radius 2 is 1.76 bits per heavy atom. The highest BCUT2D eigenvalue weighted by molar-refractivity contribution is 5.94. The largest absolute Gasteiger partial charge is 0.494 e. The zero-order valence-corrected chi connectivity index (χ0v) is 10.8. The molecule has 0 aliphatic carbocycles. The van der Waals surface area contributed by atoms with Crippen molar-refractivity contribution in [2.45, 2.75) is 6.54 Å². The summed E-state index contributed by atoms with van der Waals surface area (Å²) in [5.74, 6) is -1.93. The van der Waals surface area contributed by atoms with E-state index in [4.69, 9.17) is 5.11 Å². The van der Waals surface area contributed by atoms with E-state index in [2.05, 4.69) is 10.3 Å². The van der Waals surface area contributed by atoms with Crippen LogP contribution < -0.4 is 10.9 Å². The lowest BCUT2D eigenvalue weighted by atomic mass is 10.1. The highest BCUT2D eigenvalue weighted by Gasteiger charge is 2.08. The summed E-state index contributed by atoms with van der Waals surface area (Å²) in [5.41, 5.74) is 0.330. The molecule has 1 aromatic carbocycles. The molecule has 108 valence electrons. The average Bonchev–Trinajstić information content (AvgIpc) is 2.44. The van der Waals surface area contributed by atoms with Crippen LogP contribution >= 0.6 is 0 Å². The van der Waals surface area contributed by atoms with Crippen LogP contribution in [0.25, 0.3) is 0 Å². The minimum Gasteiger partial charge on any atom is -0.494 e. The number of rotatable bonds is 4. The monoisotopic (exact) mass is 288 g/mol. The third-order valence-corrected chi connectivity index (χ3v) is 2.75. The Labute approximate surface area is 118 Å². The van der Waals surface area contributed by atoms with Crippen LogP contribution in [0.2, 0.25) is 0 Å². The van der Waals surface area contributed by atoms with Crippen molar-refractivity contribution in [2.24, 2.45) is 0 Å². The van der Waals surface area contributed by atoms with Gasteiger partial charge in [0, 0.05) is 18.7 Å². The number of aromatic carboxylic acids is 1. The molecule has 0 saturated carbocycles. The molecule has 0 aliphatic heterocycles. The van der Waals surface area contributed by atoms with Crippen molar-refractivity contribution in [3.8, 4) is 5.88 Å². The van der Waals surface area contributed by atoms with Crippen molar-refractivity contribution >= 4 is 11.9 Å². The first-order chi connectivity index (χ1) is 9.95. The van der Waals surface area contributed by atoms with Gasteiger partial charge in [-0.25, -0.2) is 4.79 Å². The van der Waals surface area contributed by atoms with Crippen molar-refractivity contribution in [3.05, 3.63) is 63.4 Å². The maximum Gasteiger partial charge on any atom is 0.335 e. The lowest BCUT2D eigenvalue weighted by Crippen LogP contribution is -2.24. The normalized spacial score (nSPS) is 10.1. The summed E-state index contributed by atoms with van der Waals surface area (Å²) in [6, 6.07) is 8.25. The number of aromatic hydroxyl groups is 1. The molecule has 0 bridgehead atoms. The van der Waals surface area contributed by atoms with Crippen LogP contribution in [0.1, 0.15) is 26.3 Å². The molecule has 0 aliphatic rings. The number of benzene rings is 1. The number of aromatic nitrogens is 1. The number of carbonyl (C=O) groups excluding carboxylic acids is 1. The molecular formula is C14H12N2O5. The molecule has 0 fully saturated rings. The minimum absolute atomic E-state index is 0.0402. The van der Waals surface area contributed by atoms with Gasteiger partial charge in [0.05, 0.1) is 11.1 Å². The van der Waals surface area contributed by atoms with Gasteiger partial charge in [0.25, 0.3) is 11.5 Å². The molecule has 0 saturated heterocycles. The molecule has 1 amide bonds. The second kappa shape index (κ2) is 5.91. The van der Waals surface area contributed by atoms with E-state index in [1.54, 1.807) is 12.1 Å². The number of H-pyrrole nitrogens is 1. The third kappa shape index (κ3) is 3.69. The van der Waals surface area contributed by atoms with Crippen LogP contribution in [0.15, 0.2) is 41.2 Å². The van der Waals surface area contributed by atoms with Gasteiger partial charge in [-0.15, -0.1) is 0 Å². The molecule has 4 N–H and O–H groups in total. The molecule has 2 aromatic rings. The van der Waals surface area contributed by atoms with Gasteiger partial charge in [0.1, 0.15) is 0 Å². The Morgan fingerprint density at radius 1 is 1.10 bits per heavy atom. The molecule has 21 heavy (non-hydrogen) atoms. The molecule has 7 heteroatoms. The smallest absolute Gasteiger partial charge is 0.335 e. The number of hydrogen-bond donors (Lipinski definition) is 4. The number of carboxylic acids is 1. The lowest BCUT2D eigenvalue weighted by molar-refractivity contribution is 0.0696. The van der Waals surface area contributed by atoms with Crippen LogP contribution in [0, 0.1) is 0 Å². The predicted octanol–water partition coefficient (Wildman–Crippen LogP) is 0.709. The van der Waals surface area contributed by atoms with Gasteiger partial charge in [0.15, 0.2) is 5.88 Å². The maximum absolute atomic E-state index is 11.8. The van der Waals surface area contributed by atoms with Gasteiger partial charge in [-0.3, -0.25) is 14.6 Å². The Kier molecular flexibility index (Phi) is 4.03. The highest BCUT2D eigenvalue weighted by Crippen LogP contribution is 2.06. The Hall–Kier alpha value is -3.09. The summed E-state index contributed by atoms with van der Waals surface area (Å²) in [5, 5.41) is 20.6. The lowest BCUT2D eigenvalue weighted by Gasteiger charge is -2.06. The molecular weight excluding hydrogens is 276 g/mol. The third-order valence-electron chi connectivity index (χ3n) is 2.75. The summed E-state index contributed by atoms with van der Waals surface area (Å²) in [6.07, 6.45) is 0. The number of nitrogens with one attached hydrogen (secondary N) is 2. The number of amides is 1. The fourth-order valence-corrected chi connectivity index (χ4v) is 1.71. The SMILES string of the molecule is O=C(O)c1ccc(CNC(=O)c2cc(O)[nH]c(=O)c2)cc1. The Bertz CT molecular complexity index is 734. The maximum atomic E-state index is 11.8. The fraction of sp³-hybridized carbons (Fsp3) is 0.0714. The van der Waals surface area contributed by atoms with Crippen molar-refractivity contribution < 1.29 is 19.8 Å². The highest BCUT2D eigenvalue weighted by atomic mass is 16.4. The number of carboxylic acid groups (broad SMARTS) is 1. The summed E-state index contributed by atoms with van der Waals surface area (Å²) in [7, 11) is 0. The molecule has 0 radical (unpaired) electrons. The van der Waals surface area contributed by atoms with Crippen molar-refractivity contribution in [2.75, 3.05) is 0 Å². The summed E-state index contributed by atoms with van der Waals surface area (Å²) in [4.78, 5) is 35.8. The van der Waals surface area contributed by atoms with Crippen molar-refractivity contribution in [1.82, 2.24) is 10.3 Å². The van der Waals surface area contributed by atoms with E-state index in [-0.39, 0.29) is 17.7 Å². The van der Waals surface area contributed by atoms with Crippen LogP contribution in [0.5, 0.6) is 5.88 Å². The van der Waals surface area contributed by atoms with Crippen LogP contribution in [-0.4, -0.2) is 27.1 Å². The second-order valence-electron chi connectivity index (χ2n) is 4.30. The molecule has 0 atom stereocenters. The van der Waals surface area contributed by atoms with Crippen molar-refractivity contribution in [3.63, 3.8) is 0 Å². The number of hydrogen-bond acceptors (Lipinski definition) is 4. The summed E-state index contributed by atoms with van der Waals surface area (Å²) < 4.78 is 0. The second-order valence-corrected chi connectivity index (χ2v) is 4.30. The van der Waals surface area contributed by atoms with E-state index in [1.807, 2.05) is 0 Å². The Morgan fingerprint density at radius 3 is 2.33 bits per heavy atom. The number of carbonyl (C=O) groups is 2. The first-order valence-electron chi connectivity index (χ1n) is 5.99. The number of pyridine rings is 1. The molecule has 2 rings (SSSR count). The van der Waals surface area contributed by atoms with E-state index in [9.17, 15) is 19.5 Å². The minimum atomic E-state index is -1.02. The van der Waals surface area contributed by atoms with Gasteiger partial charge in [-0.2, -0.15) is 0 Å². The van der Waals surface area contributed by atoms with Gasteiger partial charge >= 0.3 is 5.97 Å². The van der Waals surface area contributed by atoms with E-state index >= 15 is 0 Å². The topological polar surface area (TPSA) is 119 Å². The quantitative estimate of drug-likeness (QED) is 0.660. The van der Waals surface area contributed by atoms with Gasteiger partial charge in [-0.05, 0) is 17.7 Å². The molecule has 7 nitrogen and oxygen atoms in total. The van der Waals surface area contributed by atoms with E-state index < -0.39 is 23.3 Å². The molecule has 0 unspecified atom stereocenters. The first kappa shape index (κ1) is 14.3. The predicted molar refractivity (Wildman–Crippen MR) is 73.3 cm³/mol. The van der Waals surface area contributed by atoms with Crippen LogP contribution in [-0.2, 0) is 6.54 Å². The molecule has 1 aromatic heterocycles. The van der Waals surface area contributed by atoms with Gasteiger partial charge in [-0.1, -0.05) is 12.1 Å². The summed E-state index contributed by atoms with van der Waals surface area (Å²) in [6.45, 7) is 0.173. The first-order valence-corrected chi connectivity index (χ1v) is 5.99. The average molecular weight is 288 g/mol. The van der Waals surface area contributed by atoms with E-state index in [0.29, 0.717) is 5.56 Å². The number of aromatic amines is 1. The Balaban J connectivity index is 2.03. The van der Waals surface area contributed by atoms with Gasteiger partial charge < -0.3 is 15.5 Å². The van der Waals surface area contributed by atoms with E-state index in [1.165, 1.54) is 12.1 Å². The van der Waals surface area contributed by atoms with Crippen molar-refractivity contribution in [1.29, 1.82) is 0 Å². The zero-order chi connectivity index (χ0) is 15.4. The zero-order valence-electron chi connectivity index (χ0n) is 10.8. The summed E-state index contributed by atoms with van der Waals surface area (Å²) >= 11 is 0. The van der Waals surface area contributed by atoms with Gasteiger partial charge in [0.2, 0.25) is 0 Å². The van der Waals surface area contributed by atoms with E-state index in [0.717, 1.165) is 12.1 Å². The molecule has 0 spiro atoms. The van der Waals surface area contributed by atoms with Crippen LogP contribution in [0.3, 0.4) is 0 Å². The fourth-order valence-electron chi connectivity index (χ4n) is 1.71. The molecule has 1 heterocycles. The van der Waals surface area contributed by atoms with Crippen LogP contribution in [0.4, 0.5) is 0 Å².